The monoisotopic (exact) mass is 358 g/mol. The highest BCUT2D eigenvalue weighted by atomic mass is 16.2. The zero-order valence-corrected chi connectivity index (χ0v) is 14.8. The maximum atomic E-state index is 12.7. The Morgan fingerprint density at radius 1 is 1.11 bits per heavy atom. The number of benzene rings is 2. The number of carbonyl (C=O) groups excluding carboxylic acids is 1. The number of amides is 1. The van der Waals surface area contributed by atoms with Gasteiger partial charge in [0.2, 0.25) is 0 Å². The molecule has 0 aliphatic heterocycles. The Hall–Kier alpha value is -3.67. The summed E-state index contributed by atoms with van der Waals surface area (Å²) in [7, 11) is 1.68. The number of hydrogen-bond acceptors (Lipinski definition) is 3. The molecule has 4 aromatic rings. The summed E-state index contributed by atoms with van der Waals surface area (Å²) in [6, 6.07) is 16.9. The molecule has 2 heterocycles. The lowest BCUT2D eigenvalue weighted by molar-refractivity contribution is 0.0949. The third-order valence-corrected chi connectivity index (χ3v) is 4.59. The van der Waals surface area contributed by atoms with Crippen molar-refractivity contribution in [1.82, 2.24) is 19.4 Å². The summed E-state index contributed by atoms with van der Waals surface area (Å²) in [6.45, 7) is 0.309. The number of nitrogens with one attached hydrogen (secondary N) is 1. The fourth-order valence-corrected chi connectivity index (χ4v) is 3.17. The molecule has 0 bridgehead atoms. The summed E-state index contributed by atoms with van der Waals surface area (Å²) < 4.78 is 3.39. The number of nitrogens with zero attached hydrogens (tertiary/aromatic N) is 3. The zero-order chi connectivity index (χ0) is 18.8. The molecule has 0 saturated carbocycles. The fourth-order valence-electron chi connectivity index (χ4n) is 3.17. The van der Waals surface area contributed by atoms with E-state index in [0.29, 0.717) is 6.54 Å². The molecule has 6 heteroatoms. The van der Waals surface area contributed by atoms with E-state index in [2.05, 4.69) is 10.3 Å². The Morgan fingerprint density at radius 2 is 1.89 bits per heavy atom. The van der Waals surface area contributed by atoms with E-state index in [1.165, 1.54) is 4.57 Å². The van der Waals surface area contributed by atoms with Crippen LogP contribution < -0.4 is 10.9 Å². The van der Waals surface area contributed by atoms with Gasteiger partial charge >= 0.3 is 0 Å². The lowest BCUT2D eigenvalue weighted by Crippen LogP contribution is -2.32. The average Bonchev–Trinajstić information content (AvgIpc) is 3.24. The van der Waals surface area contributed by atoms with Crippen LogP contribution in [0, 0.1) is 0 Å². The average molecular weight is 358 g/mol. The van der Waals surface area contributed by atoms with Gasteiger partial charge < -0.3 is 14.5 Å². The number of carbonyl (C=O) groups is 1. The van der Waals surface area contributed by atoms with E-state index >= 15 is 0 Å². The number of hydrogen-bond donors (Lipinski definition) is 1. The number of imidazole rings is 1. The highest BCUT2D eigenvalue weighted by molar-refractivity contribution is 5.97. The van der Waals surface area contributed by atoms with Crippen molar-refractivity contribution in [2.45, 2.75) is 6.54 Å². The van der Waals surface area contributed by atoms with Crippen molar-refractivity contribution in [3.63, 3.8) is 0 Å². The van der Waals surface area contributed by atoms with Gasteiger partial charge in [-0.3, -0.25) is 9.59 Å². The van der Waals surface area contributed by atoms with Gasteiger partial charge in [-0.15, -0.1) is 0 Å². The summed E-state index contributed by atoms with van der Waals surface area (Å²) >= 11 is 0. The van der Waals surface area contributed by atoms with Crippen LogP contribution in [-0.4, -0.2) is 20.0 Å². The molecular weight excluding hydrogens is 340 g/mol. The Labute approximate surface area is 155 Å². The van der Waals surface area contributed by atoms with Crippen LogP contribution in [-0.2, 0) is 13.6 Å². The minimum Gasteiger partial charge on any atom is -0.348 e. The molecule has 134 valence electrons. The van der Waals surface area contributed by atoms with Gasteiger partial charge in [-0.2, -0.15) is 0 Å². The molecule has 0 unspecified atom stereocenters. The summed E-state index contributed by atoms with van der Waals surface area (Å²) in [5.74, 6) is -0.387. The zero-order valence-electron chi connectivity index (χ0n) is 14.8. The van der Waals surface area contributed by atoms with Crippen molar-refractivity contribution in [2.75, 3.05) is 0 Å². The number of para-hydroxylation sites is 2. The third-order valence-electron chi connectivity index (χ3n) is 4.59. The molecule has 0 fully saturated rings. The largest absolute Gasteiger partial charge is 0.348 e. The van der Waals surface area contributed by atoms with E-state index in [0.717, 1.165) is 22.2 Å². The minimum atomic E-state index is -0.387. The molecule has 0 spiro atoms. The van der Waals surface area contributed by atoms with E-state index < -0.39 is 0 Å². The van der Waals surface area contributed by atoms with E-state index in [1.54, 1.807) is 25.6 Å². The topological polar surface area (TPSA) is 68.9 Å². The first-order chi connectivity index (χ1) is 13.1. The maximum absolute atomic E-state index is 12.7. The predicted molar refractivity (Wildman–Crippen MR) is 104 cm³/mol. The quantitative estimate of drug-likeness (QED) is 0.610. The van der Waals surface area contributed by atoms with Gasteiger partial charge in [0.15, 0.2) is 0 Å². The van der Waals surface area contributed by atoms with Crippen molar-refractivity contribution in [2.24, 2.45) is 7.05 Å². The molecule has 1 amide bonds. The second kappa shape index (κ2) is 6.92. The van der Waals surface area contributed by atoms with Crippen molar-refractivity contribution in [3.05, 3.63) is 94.8 Å². The predicted octanol–water partition coefficient (Wildman–Crippen LogP) is 2.65. The number of rotatable bonds is 4. The first-order valence-corrected chi connectivity index (χ1v) is 8.58. The second-order valence-electron chi connectivity index (χ2n) is 6.26. The molecule has 2 aromatic heterocycles. The molecule has 2 aromatic carbocycles. The van der Waals surface area contributed by atoms with E-state index in [4.69, 9.17) is 0 Å². The first-order valence-electron chi connectivity index (χ1n) is 8.58. The fraction of sp³-hybridized carbons (Fsp3) is 0.0952. The third kappa shape index (κ3) is 3.13. The molecule has 0 atom stereocenters. The molecular formula is C21H18N4O2. The van der Waals surface area contributed by atoms with Crippen LogP contribution in [0.25, 0.3) is 16.6 Å². The minimum absolute atomic E-state index is 0.135. The summed E-state index contributed by atoms with van der Waals surface area (Å²) in [4.78, 5) is 29.3. The molecule has 4 rings (SSSR count). The van der Waals surface area contributed by atoms with E-state index in [-0.39, 0.29) is 17.0 Å². The Kier molecular flexibility index (Phi) is 4.30. The smallest absolute Gasteiger partial charge is 0.263 e. The summed E-state index contributed by atoms with van der Waals surface area (Å²) in [5, 5.41) is 3.71. The Morgan fingerprint density at radius 3 is 2.70 bits per heavy atom. The lowest BCUT2D eigenvalue weighted by Gasteiger charge is -2.12. The van der Waals surface area contributed by atoms with Crippen LogP contribution >= 0.6 is 0 Å². The van der Waals surface area contributed by atoms with Gasteiger partial charge in [0.05, 0.1) is 17.5 Å². The Balaban J connectivity index is 1.62. The SMILES string of the molecule is Cn1c(=O)c(C(=O)NCc2ccccc2-n2ccnc2)cc2ccccc21. The molecule has 6 nitrogen and oxygen atoms in total. The maximum Gasteiger partial charge on any atom is 0.263 e. The molecule has 0 aliphatic carbocycles. The van der Waals surface area contributed by atoms with Crippen LogP contribution in [0.1, 0.15) is 15.9 Å². The van der Waals surface area contributed by atoms with Crippen LogP contribution in [0.15, 0.2) is 78.1 Å². The summed E-state index contributed by atoms with van der Waals surface area (Å²) in [6.07, 6.45) is 5.26. The number of pyridine rings is 1. The van der Waals surface area contributed by atoms with Crippen LogP contribution in [0.2, 0.25) is 0 Å². The lowest BCUT2D eigenvalue weighted by atomic mass is 10.1. The standard InChI is InChI=1S/C21H18N4O2/c1-24-18-8-4-2-6-15(18)12-17(21(24)27)20(26)23-13-16-7-3-5-9-19(16)25-11-10-22-14-25/h2-12,14H,13H2,1H3,(H,23,26). The van der Waals surface area contributed by atoms with Gasteiger partial charge in [0, 0.05) is 26.0 Å². The highest BCUT2D eigenvalue weighted by Gasteiger charge is 2.14. The van der Waals surface area contributed by atoms with Crippen molar-refractivity contribution >= 4 is 16.8 Å². The van der Waals surface area contributed by atoms with Crippen LogP contribution in [0.4, 0.5) is 0 Å². The molecule has 0 saturated heterocycles. The Bertz CT molecular complexity index is 1180. The van der Waals surface area contributed by atoms with Gasteiger partial charge in [0.1, 0.15) is 5.56 Å². The highest BCUT2D eigenvalue weighted by Crippen LogP contribution is 2.15. The van der Waals surface area contributed by atoms with E-state index in [1.807, 2.05) is 59.3 Å². The van der Waals surface area contributed by atoms with Crippen molar-refractivity contribution < 1.29 is 4.79 Å². The van der Waals surface area contributed by atoms with Crippen molar-refractivity contribution in [1.29, 1.82) is 0 Å². The van der Waals surface area contributed by atoms with Gasteiger partial charge in [-0.05, 0) is 29.1 Å². The van der Waals surface area contributed by atoms with Gasteiger partial charge in [-0.25, -0.2) is 4.98 Å². The number of fused-ring (bicyclic) bond motifs is 1. The first kappa shape index (κ1) is 16.8. The van der Waals surface area contributed by atoms with Gasteiger partial charge in [-0.1, -0.05) is 36.4 Å². The summed E-state index contributed by atoms with van der Waals surface area (Å²) in [5.41, 5.74) is 2.48. The van der Waals surface area contributed by atoms with Crippen molar-refractivity contribution in [3.8, 4) is 5.69 Å². The number of aromatic nitrogens is 3. The number of aryl methyl sites for hydroxylation is 1. The molecule has 0 radical (unpaired) electrons. The van der Waals surface area contributed by atoms with E-state index in [9.17, 15) is 9.59 Å². The molecule has 1 N–H and O–H groups in total. The molecule has 0 aliphatic rings. The molecule has 27 heavy (non-hydrogen) atoms. The second-order valence-corrected chi connectivity index (χ2v) is 6.26. The van der Waals surface area contributed by atoms with Crippen LogP contribution in [0.3, 0.4) is 0 Å². The normalized spacial score (nSPS) is 10.9. The van der Waals surface area contributed by atoms with Gasteiger partial charge in [0.25, 0.3) is 11.5 Å². The van der Waals surface area contributed by atoms with Crippen LogP contribution in [0.5, 0.6) is 0 Å².